The monoisotopic (exact) mass is 289 g/mol. The van der Waals surface area contributed by atoms with Crippen molar-refractivity contribution in [2.75, 3.05) is 6.54 Å². The maximum Gasteiger partial charge on any atom is 0.127 e. The van der Waals surface area contributed by atoms with Crippen LogP contribution in [0.15, 0.2) is 24.3 Å². The lowest BCUT2D eigenvalue weighted by Gasteiger charge is -2.42. The summed E-state index contributed by atoms with van der Waals surface area (Å²) in [6.45, 7) is 3.03. The minimum atomic E-state index is -0.0470. The lowest BCUT2D eigenvalue weighted by molar-refractivity contribution is 0.109. The van der Waals surface area contributed by atoms with Gasteiger partial charge in [0.2, 0.25) is 0 Å². The maximum atomic E-state index is 14.2. The van der Waals surface area contributed by atoms with Crippen LogP contribution < -0.4 is 5.32 Å². The van der Waals surface area contributed by atoms with Crippen LogP contribution in [0.25, 0.3) is 0 Å². The minimum Gasteiger partial charge on any atom is -0.310 e. The third-order valence-corrected chi connectivity index (χ3v) is 5.72. The fourth-order valence-corrected chi connectivity index (χ4v) is 4.69. The molecule has 0 aliphatic heterocycles. The molecule has 0 amide bonds. The first-order valence-corrected chi connectivity index (χ1v) is 8.77. The summed E-state index contributed by atoms with van der Waals surface area (Å²) in [4.78, 5) is 0. The van der Waals surface area contributed by atoms with Crippen molar-refractivity contribution in [2.45, 2.75) is 57.9 Å². The van der Waals surface area contributed by atoms with Gasteiger partial charge in [-0.1, -0.05) is 50.8 Å². The van der Waals surface area contributed by atoms with Crippen molar-refractivity contribution in [1.82, 2.24) is 5.32 Å². The zero-order valence-corrected chi connectivity index (χ0v) is 13.2. The lowest BCUT2D eigenvalue weighted by atomic mass is 9.65. The second-order valence-corrected chi connectivity index (χ2v) is 6.93. The second kappa shape index (κ2) is 6.91. The Morgan fingerprint density at radius 1 is 1.10 bits per heavy atom. The van der Waals surface area contributed by atoms with Gasteiger partial charge in [0.1, 0.15) is 5.82 Å². The molecule has 0 bridgehead atoms. The van der Waals surface area contributed by atoms with E-state index in [0.29, 0.717) is 5.92 Å². The quantitative estimate of drug-likeness (QED) is 0.814. The number of benzene rings is 1. The molecular formula is C19H28FN. The first kappa shape index (κ1) is 15.0. The summed E-state index contributed by atoms with van der Waals surface area (Å²) in [5, 5.41) is 3.56. The SMILES string of the molecule is CCNC(c1ccccc1F)C1CCC2CCCCC2C1. The topological polar surface area (TPSA) is 12.0 Å². The highest BCUT2D eigenvalue weighted by Gasteiger charge is 2.36. The molecule has 2 heteroatoms. The molecule has 1 nitrogen and oxygen atoms in total. The average molecular weight is 289 g/mol. The molecule has 2 saturated carbocycles. The average Bonchev–Trinajstić information content (AvgIpc) is 2.53. The Morgan fingerprint density at radius 3 is 2.62 bits per heavy atom. The highest BCUT2D eigenvalue weighted by atomic mass is 19.1. The van der Waals surface area contributed by atoms with Gasteiger partial charge in [0.05, 0.1) is 0 Å². The van der Waals surface area contributed by atoms with Gasteiger partial charge in [-0.2, -0.15) is 0 Å². The van der Waals surface area contributed by atoms with Crippen molar-refractivity contribution in [3.8, 4) is 0 Å². The van der Waals surface area contributed by atoms with Gasteiger partial charge in [-0.15, -0.1) is 0 Å². The van der Waals surface area contributed by atoms with Crippen LogP contribution >= 0.6 is 0 Å². The standard InChI is InChI=1S/C19H28FN/c1-2-21-19(17-9-5-6-10-18(17)20)16-12-11-14-7-3-4-8-15(14)13-16/h5-6,9-10,14-16,19,21H,2-4,7-8,11-13H2,1H3. The van der Waals surface area contributed by atoms with E-state index in [4.69, 9.17) is 0 Å². The molecule has 2 aliphatic carbocycles. The highest BCUT2D eigenvalue weighted by molar-refractivity contribution is 5.22. The third-order valence-electron chi connectivity index (χ3n) is 5.72. The molecule has 2 aliphatic rings. The molecule has 1 aromatic carbocycles. The Balaban J connectivity index is 1.76. The molecule has 0 heterocycles. The number of nitrogens with one attached hydrogen (secondary N) is 1. The Hall–Kier alpha value is -0.890. The largest absolute Gasteiger partial charge is 0.310 e. The third kappa shape index (κ3) is 3.31. The summed E-state index contributed by atoms with van der Waals surface area (Å²) < 4.78 is 14.2. The summed E-state index contributed by atoms with van der Waals surface area (Å²) in [7, 11) is 0. The van der Waals surface area contributed by atoms with E-state index in [1.54, 1.807) is 12.1 Å². The smallest absolute Gasteiger partial charge is 0.127 e. The first-order chi connectivity index (χ1) is 10.3. The molecule has 116 valence electrons. The van der Waals surface area contributed by atoms with E-state index < -0.39 is 0 Å². The van der Waals surface area contributed by atoms with E-state index in [-0.39, 0.29) is 11.9 Å². The van der Waals surface area contributed by atoms with Gasteiger partial charge >= 0.3 is 0 Å². The number of halogens is 1. The number of rotatable bonds is 4. The zero-order chi connectivity index (χ0) is 14.7. The van der Waals surface area contributed by atoms with Crippen molar-refractivity contribution >= 4 is 0 Å². The van der Waals surface area contributed by atoms with Crippen molar-refractivity contribution in [3.05, 3.63) is 35.6 Å². The van der Waals surface area contributed by atoms with Gasteiger partial charge in [0.15, 0.2) is 0 Å². The van der Waals surface area contributed by atoms with E-state index >= 15 is 0 Å². The Labute approximate surface area is 128 Å². The van der Waals surface area contributed by atoms with Crippen LogP contribution in [0.4, 0.5) is 4.39 Å². The van der Waals surface area contributed by atoms with E-state index in [9.17, 15) is 4.39 Å². The number of hydrogen-bond acceptors (Lipinski definition) is 1. The summed E-state index contributed by atoms with van der Waals surface area (Å²) >= 11 is 0. The van der Waals surface area contributed by atoms with Crippen LogP contribution in [0.5, 0.6) is 0 Å². The van der Waals surface area contributed by atoms with Crippen LogP contribution in [0.2, 0.25) is 0 Å². The van der Waals surface area contributed by atoms with Gasteiger partial charge in [0.25, 0.3) is 0 Å². The molecule has 0 saturated heterocycles. The summed E-state index contributed by atoms with van der Waals surface area (Å²) in [5.41, 5.74) is 0.874. The molecule has 3 rings (SSSR count). The fraction of sp³-hybridized carbons (Fsp3) is 0.684. The summed E-state index contributed by atoms with van der Waals surface area (Å²) in [5.74, 6) is 2.40. The summed E-state index contributed by atoms with van der Waals surface area (Å²) in [6.07, 6.45) is 9.56. The number of fused-ring (bicyclic) bond motifs is 1. The lowest BCUT2D eigenvalue weighted by Crippen LogP contribution is -2.36. The van der Waals surface area contributed by atoms with Gasteiger partial charge in [0, 0.05) is 11.6 Å². The molecule has 2 fully saturated rings. The Morgan fingerprint density at radius 2 is 1.86 bits per heavy atom. The fourth-order valence-electron chi connectivity index (χ4n) is 4.69. The zero-order valence-electron chi connectivity index (χ0n) is 13.2. The van der Waals surface area contributed by atoms with Crippen LogP contribution in [0.1, 0.15) is 63.5 Å². The molecule has 0 radical (unpaired) electrons. The first-order valence-electron chi connectivity index (χ1n) is 8.77. The Bertz CT molecular complexity index is 459. The van der Waals surface area contributed by atoms with Gasteiger partial charge < -0.3 is 5.32 Å². The van der Waals surface area contributed by atoms with Crippen LogP contribution in [0.3, 0.4) is 0 Å². The molecule has 21 heavy (non-hydrogen) atoms. The van der Waals surface area contributed by atoms with Crippen LogP contribution in [-0.4, -0.2) is 6.54 Å². The van der Waals surface area contributed by atoms with Crippen molar-refractivity contribution in [3.63, 3.8) is 0 Å². The predicted molar refractivity (Wildman–Crippen MR) is 85.6 cm³/mol. The molecule has 1 aromatic rings. The van der Waals surface area contributed by atoms with Gasteiger partial charge in [-0.25, -0.2) is 4.39 Å². The predicted octanol–water partition coefficient (Wildman–Crippen LogP) is 5.08. The minimum absolute atomic E-state index is 0.0470. The van der Waals surface area contributed by atoms with Crippen molar-refractivity contribution in [2.24, 2.45) is 17.8 Å². The molecule has 0 aromatic heterocycles. The van der Waals surface area contributed by atoms with Crippen molar-refractivity contribution in [1.29, 1.82) is 0 Å². The van der Waals surface area contributed by atoms with Gasteiger partial charge in [-0.3, -0.25) is 0 Å². The van der Waals surface area contributed by atoms with E-state index in [0.717, 1.165) is 23.9 Å². The normalized spacial score (nSPS) is 30.7. The molecular weight excluding hydrogens is 261 g/mol. The van der Waals surface area contributed by atoms with Crippen LogP contribution in [-0.2, 0) is 0 Å². The van der Waals surface area contributed by atoms with Crippen LogP contribution in [0, 0.1) is 23.6 Å². The van der Waals surface area contributed by atoms with E-state index in [2.05, 4.69) is 12.2 Å². The molecule has 0 spiro atoms. The van der Waals surface area contributed by atoms with E-state index in [1.807, 2.05) is 12.1 Å². The number of hydrogen-bond donors (Lipinski definition) is 1. The molecule has 4 atom stereocenters. The van der Waals surface area contributed by atoms with Crippen molar-refractivity contribution < 1.29 is 4.39 Å². The molecule has 4 unspecified atom stereocenters. The summed E-state index contributed by atoms with van der Waals surface area (Å²) in [6, 6.07) is 7.52. The second-order valence-electron chi connectivity index (χ2n) is 6.93. The van der Waals surface area contributed by atoms with Gasteiger partial charge in [-0.05, 0) is 49.6 Å². The van der Waals surface area contributed by atoms with E-state index in [1.165, 1.54) is 44.9 Å². The Kier molecular flexibility index (Phi) is 4.95. The molecule has 1 N–H and O–H groups in total. The highest BCUT2D eigenvalue weighted by Crippen LogP contribution is 2.46. The maximum absolute atomic E-state index is 14.2.